The lowest BCUT2D eigenvalue weighted by Crippen LogP contribution is -2.53. The lowest BCUT2D eigenvalue weighted by molar-refractivity contribution is -0.145. The molecule has 0 aromatic heterocycles. The summed E-state index contributed by atoms with van der Waals surface area (Å²) in [7, 11) is 1.81. The van der Waals surface area contributed by atoms with Gasteiger partial charge in [-0.3, -0.25) is 19.7 Å². The fraction of sp³-hybridized carbons (Fsp3) is 0.667. The molecule has 15 heavy (non-hydrogen) atoms. The fourth-order valence-electron chi connectivity index (χ4n) is 1.39. The zero-order valence-electron chi connectivity index (χ0n) is 8.71. The third-order valence-corrected chi connectivity index (χ3v) is 2.12. The molecule has 6 heteroatoms. The molecule has 1 rings (SSSR count). The molecule has 0 radical (unpaired) electrons. The number of carbonyl (C=O) groups excluding carboxylic acids is 3. The minimum atomic E-state index is -0.409. The van der Waals surface area contributed by atoms with E-state index in [9.17, 15) is 14.4 Å². The highest BCUT2D eigenvalue weighted by Gasteiger charge is 2.25. The van der Waals surface area contributed by atoms with E-state index in [2.05, 4.69) is 10.6 Å². The van der Waals surface area contributed by atoms with Crippen molar-refractivity contribution in [1.82, 2.24) is 15.5 Å². The monoisotopic (exact) mass is 213 g/mol. The number of carbonyl (C=O) groups is 3. The molecule has 0 atom stereocenters. The Balaban J connectivity index is 2.38. The largest absolute Gasteiger partial charge is 0.324 e. The number of amides is 3. The van der Waals surface area contributed by atoms with E-state index in [-0.39, 0.29) is 19.0 Å². The molecule has 0 unspecified atom stereocenters. The predicted octanol–water partition coefficient (Wildman–Crippen LogP) is -1.53. The average molecular weight is 213 g/mol. The molecule has 6 nitrogen and oxygen atoms in total. The molecular weight excluding hydrogens is 198 g/mol. The molecule has 84 valence electrons. The Hall–Kier alpha value is -1.43. The van der Waals surface area contributed by atoms with Crippen LogP contribution in [0.25, 0.3) is 0 Å². The van der Waals surface area contributed by atoms with Gasteiger partial charge in [0.2, 0.25) is 17.7 Å². The molecule has 3 amide bonds. The van der Waals surface area contributed by atoms with Crippen molar-refractivity contribution < 1.29 is 14.4 Å². The summed E-state index contributed by atoms with van der Waals surface area (Å²) in [5, 5.41) is 5.07. The van der Waals surface area contributed by atoms with Crippen molar-refractivity contribution >= 4 is 17.7 Å². The zero-order chi connectivity index (χ0) is 11.3. The molecule has 0 spiro atoms. The van der Waals surface area contributed by atoms with Gasteiger partial charge in [-0.2, -0.15) is 0 Å². The van der Waals surface area contributed by atoms with Crippen molar-refractivity contribution in [2.45, 2.75) is 12.8 Å². The van der Waals surface area contributed by atoms with Crippen LogP contribution < -0.4 is 10.6 Å². The molecular formula is C9H15N3O3. The maximum Gasteiger partial charge on any atom is 0.246 e. The molecule has 2 N–H and O–H groups in total. The second kappa shape index (κ2) is 5.45. The van der Waals surface area contributed by atoms with Crippen LogP contribution in [0.1, 0.15) is 12.8 Å². The molecule has 0 aromatic carbocycles. The first-order valence-electron chi connectivity index (χ1n) is 4.88. The van der Waals surface area contributed by atoms with Crippen LogP contribution in [-0.4, -0.2) is 49.3 Å². The van der Waals surface area contributed by atoms with E-state index in [0.717, 1.165) is 6.54 Å². The van der Waals surface area contributed by atoms with Crippen molar-refractivity contribution in [3.63, 3.8) is 0 Å². The fourth-order valence-corrected chi connectivity index (χ4v) is 1.39. The Bertz CT molecular complexity index is 262. The van der Waals surface area contributed by atoms with Crippen LogP contribution in [0.2, 0.25) is 0 Å². The number of nitrogens with zero attached hydrogens (tertiary/aromatic N) is 1. The molecule has 0 aromatic rings. The van der Waals surface area contributed by atoms with E-state index in [0.29, 0.717) is 12.8 Å². The van der Waals surface area contributed by atoms with Gasteiger partial charge in [-0.15, -0.1) is 0 Å². The normalized spacial score (nSPS) is 16.5. The van der Waals surface area contributed by atoms with Crippen LogP contribution in [0.15, 0.2) is 0 Å². The zero-order valence-corrected chi connectivity index (χ0v) is 8.71. The number of piperazine rings is 1. The van der Waals surface area contributed by atoms with Crippen molar-refractivity contribution in [3.8, 4) is 0 Å². The number of nitrogens with one attached hydrogen (secondary N) is 2. The lowest BCUT2D eigenvalue weighted by Gasteiger charge is -2.25. The van der Waals surface area contributed by atoms with Gasteiger partial charge >= 0.3 is 0 Å². The minimum Gasteiger partial charge on any atom is -0.324 e. The van der Waals surface area contributed by atoms with E-state index in [1.54, 1.807) is 0 Å². The number of hydrogen-bond acceptors (Lipinski definition) is 4. The number of imide groups is 1. The van der Waals surface area contributed by atoms with Gasteiger partial charge in [-0.25, -0.2) is 0 Å². The third-order valence-electron chi connectivity index (χ3n) is 2.12. The molecule has 0 saturated carbocycles. The van der Waals surface area contributed by atoms with E-state index in [4.69, 9.17) is 0 Å². The number of rotatable bonds is 4. The van der Waals surface area contributed by atoms with Crippen molar-refractivity contribution in [3.05, 3.63) is 0 Å². The first kappa shape index (κ1) is 11.6. The number of hydrogen-bond donors (Lipinski definition) is 2. The van der Waals surface area contributed by atoms with Gasteiger partial charge < -0.3 is 10.2 Å². The molecule has 0 aliphatic carbocycles. The Labute approximate surface area is 88.0 Å². The van der Waals surface area contributed by atoms with Gasteiger partial charge in [0.1, 0.15) is 13.1 Å². The maximum atomic E-state index is 11.5. The second-order valence-electron chi connectivity index (χ2n) is 3.43. The standard InChI is InChI=1S/C9H15N3O3/c1-10-4-2-3-9(15)12-5-7(13)11-8(14)6-12/h10H,2-6H2,1H3,(H,11,13,14). The van der Waals surface area contributed by atoms with Crippen LogP contribution in [0.4, 0.5) is 0 Å². The van der Waals surface area contributed by atoms with Crippen molar-refractivity contribution in [2.75, 3.05) is 26.7 Å². The minimum absolute atomic E-state index is 0.00979. The Kier molecular flexibility index (Phi) is 4.23. The van der Waals surface area contributed by atoms with Crippen LogP contribution in [0, 0.1) is 0 Å². The summed E-state index contributed by atoms with van der Waals surface area (Å²) < 4.78 is 0. The SMILES string of the molecule is CNCCCC(=O)N1CC(=O)NC(=O)C1. The molecule has 1 aliphatic rings. The van der Waals surface area contributed by atoms with Gasteiger partial charge in [0.25, 0.3) is 0 Å². The maximum absolute atomic E-state index is 11.5. The van der Waals surface area contributed by atoms with Crippen LogP contribution >= 0.6 is 0 Å². The van der Waals surface area contributed by atoms with Gasteiger partial charge in [-0.1, -0.05) is 0 Å². The van der Waals surface area contributed by atoms with Gasteiger partial charge in [0, 0.05) is 6.42 Å². The topological polar surface area (TPSA) is 78.5 Å². The van der Waals surface area contributed by atoms with Crippen LogP contribution in [0.3, 0.4) is 0 Å². The van der Waals surface area contributed by atoms with E-state index < -0.39 is 11.8 Å². The molecule has 1 aliphatic heterocycles. The molecule has 0 bridgehead atoms. The summed E-state index contributed by atoms with van der Waals surface area (Å²) in [6, 6.07) is 0. The lowest BCUT2D eigenvalue weighted by atomic mass is 10.2. The predicted molar refractivity (Wildman–Crippen MR) is 52.9 cm³/mol. The highest BCUT2D eigenvalue weighted by Crippen LogP contribution is 2.00. The quantitative estimate of drug-likeness (QED) is 0.439. The summed E-state index contributed by atoms with van der Waals surface area (Å²) in [5.74, 6) is -0.963. The van der Waals surface area contributed by atoms with E-state index in [1.165, 1.54) is 4.90 Å². The molecule has 1 saturated heterocycles. The Morgan fingerprint density at radius 3 is 2.53 bits per heavy atom. The first-order chi connectivity index (χ1) is 7.13. The van der Waals surface area contributed by atoms with Crippen LogP contribution in [0.5, 0.6) is 0 Å². The van der Waals surface area contributed by atoms with Crippen LogP contribution in [-0.2, 0) is 14.4 Å². The molecule has 1 fully saturated rings. The van der Waals surface area contributed by atoms with E-state index in [1.807, 2.05) is 7.05 Å². The average Bonchev–Trinajstić information content (AvgIpc) is 2.16. The Morgan fingerprint density at radius 2 is 2.00 bits per heavy atom. The summed E-state index contributed by atoms with van der Waals surface area (Å²) in [6.45, 7) is 0.730. The third kappa shape index (κ3) is 3.67. The second-order valence-corrected chi connectivity index (χ2v) is 3.43. The highest BCUT2D eigenvalue weighted by molar-refractivity contribution is 6.02. The summed E-state index contributed by atoms with van der Waals surface area (Å²) in [6.07, 6.45) is 1.07. The van der Waals surface area contributed by atoms with Crippen molar-refractivity contribution in [2.24, 2.45) is 0 Å². The van der Waals surface area contributed by atoms with Gasteiger partial charge in [-0.05, 0) is 20.0 Å². The van der Waals surface area contributed by atoms with Gasteiger partial charge in [0.05, 0.1) is 0 Å². The van der Waals surface area contributed by atoms with Crippen molar-refractivity contribution in [1.29, 1.82) is 0 Å². The summed E-state index contributed by atoms with van der Waals surface area (Å²) >= 11 is 0. The first-order valence-corrected chi connectivity index (χ1v) is 4.88. The smallest absolute Gasteiger partial charge is 0.246 e. The molecule has 1 heterocycles. The summed E-state index contributed by atoms with van der Waals surface area (Å²) in [4.78, 5) is 34.8. The summed E-state index contributed by atoms with van der Waals surface area (Å²) in [5.41, 5.74) is 0. The Morgan fingerprint density at radius 1 is 1.40 bits per heavy atom. The highest BCUT2D eigenvalue weighted by atomic mass is 16.2. The van der Waals surface area contributed by atoms with E-state index >= 15 is 0 Å². The van der Waals surface area contributed by atoms with Gasteiger partial charge in [0.15, 0.2) is 0 Å².